The van der Waals surface area contributed by atoms with Crippen molar-refractivity contribution in [2.45, 2.75) is 38.5 Å². The number of carbonyl (C=O) groups is 2. The summed E-state index contributed by atoms with van der Waals surface area (Å²) in [6.07, 6.45) is -1.98. The number of anilines is 1. The summed E-state index contributed by atoms with van der Waals surface area (Å²) in [5.41, 5.74) is 0.345. The van der Waals surface area contributed by atoms with Gasteiger partial charge in [0.15, 0.2) is 0 Å². The second kappa shape index (κ2) is 12.5. The van der Waals surface area contributed by atoms with E-state index in [-0.39, 0.29) is 17.5 Å². The molecule has 0 unspecified atom stereocenters. The molecule has 246 valence electrons. The van der Waals surface area contributed by atoms with E-state index in [0.29, 0.717) is 45.5 Å². The van der Waals surface area contributed by atoms with E-state index in [2.05, 4.69) is 10.3 Å². The minimum atomic E-state index is -4.70. The molecule has 15 heteroatoms. The molecule has 0 radical (unpaired) electrons. The van der Waals surface area contributed by atoms with Crippen LogP contribution >= 0.6 is 0 Å². The van der Waals surface area contributed by atoms with Crippen LogP contribution in [-0.2, 0) is 23.0 Å². The van der Waals surface area contributed by atoms with E-state index < -0.39 is 58.8 Å². The maximum atomic E-state index is 14.9. The number of carbonyl (C=O) groups excluding carboxylic acids is 2. The van der Waals surface area contributed by atoms with Crippen LogP contribution in [-0.4, -0.2) is 51.2 Å². The summed E-state index contributed by atoms with van der Waals surface area (Å²) in [5, 5.41) is 4.68. The summed E-state index contributed by atoms with van der Waals surface area (Å²) >= 11 is 0. The summed E-state index contributed by atoms with van der Waals surface area (Å²) in [6.45, 7) is 2.44. The van der Waals surface area contributed by atoms with Crippen molar-refractivity contribution in [2.75, 3.05) is 12.4 Å². The molecule has 2 atom stereocenters. The van der Waals surface area contributed by atoms with Gasteiger partial charge in [-0.15, -0.1) is 0 Å². The smallest absolute Gasteiger partial charge is 0.408 e. The van der Waals surface area contributed by atoms with Crippen molar-refractivity contribution in [3.63, 3.8) is 0 Å². The van der Waals surface area contributed by atoms with E-state index >= 15 is 0 Å². The highest BCUT2D eigenvalue weighted by atomic mass is 19.4. The number of alkyl halides is 3. The molecule has 2 N–H and O–H groups in total. The minimum absolute atomic E-state index is 0.264. The van der Waals surface area contributed by atoms with E-state index in [1.165, 1.54) is 35.2 Å². The lowest BCUT2D eigenvalue weighted by Gasteiger charge is -2.20. The van der Waals surface area contributed by atoms with Gasteiger partial charge in [0.1, 0.15) is 40.7 Å². The number of hydrogen-bond donors (Lipinski definition) is 2. The molecule has 0 aliphatic heterocycles. The number of aromatic nitrogens is 3. The maximum Gasteiger partial charge on any atom is 0.408 e. The molecule has 0 aliphatic rings. The third-order valence-electron chi connectivity index (χ3n) is 7.87. The summed E-state index contributed by atoms with van der Waals surface area (Å²) in [5.74, 6) is -5.72. The number of methoxy groups -OCH3 is 1. The molecule has 1 amide bonds. The Bertz CT molecular complexity index is 2080. The van der Waals surface area contributed by atoms with Crippen LogP contribution in [0.15, 0.2) is 59.7 Å². The SMILES string of the molecule is COC(=O)[C@H](Cc1ccc(-c2c(C)c3cc(F)ccc3n(C)c2=O)c2nccn12)NC(=O)c1c(F)cc(N[C@H](C)C(F)(F)F)cc1F. The van der Waals surface area contributed by atoms with Crippen molar-refractivity contribution >= 4 is 34.1 Å². The van der Waals surface area contributed by atoms with Crippen LogP contribution in [0, 0.1) is 24.4 Å². The van der Waals surface area contributed by atoms with E-state index in [0.717, 1.165) is 14.0 Å². The van der Waals surface area contributed by atoms with Crippen molar-refractivity contribution in [3.8, 4) is 11.1 Å². The summed E-state index contributed by atoms with van der Waals surface area (Å²) in [6, 6.07) is 4.69. The Labute approximate surface area is 262 Å². The monoisotopic (exact) mass is 659 g/mol. The quantitative estimate of drug-likeness (QED) is 0.170. The van der Waals surface area contributed by atoms with Crippen LogP contribution < -0.4 is 16.2 Å². The van der Waals surface area contributed by atoms with Crippen molar-refractivity contribution in [3.05, 3.63) is 99.5 Å². The highest BCUT2D eigenvalue weighted by molar-refractivity contribution is 5.98. The summed E-state index contributed by atoms with van der Waals surface area (Å²) in [4.78, 5) is 43.6. The minimum Gasteiger partial charge on any atom is -0.467 e. The van der Waals surface area contributed by atoms with Crippen LogP contribution in [0.3, 0.4) is 0 Å². The number of hydrogen-bond acceptors (Lipinski definition) is 6. The zero-order valence-electron chi connectivity index (χ0n) is 25.3. The van der Waals surface area contributed by atoms with E-state index in [1.807, 2.05) is 5.32 Å². The summed E-state index contributed by atoms with van der Waals surface area (Å²) < 4.78 is 90.3. The largest absolute Gasteiger partial charge is 0.467 e. The molecule has 3 aromatic heterocycles. The van der Waals surface area contributed by atoms with Gasteiger partial charge in [-0.1, -0.05) is 0 Å². The first-order valence-corrected chi connectivity index (χ1v) is 14.1. The van der Waals surface area contributed by atoms with E-state index in [1.54, 1.807) is 30.5 Å². The molecule has 0 saturated carbocycles. The van der Waals surface area contributed by atoms with Crippen molar-refractivity contribution < 1.29 is 40.7 Å². The zero-order valence-corrected chi connectivity index (χ0v) is 25.3. The number of fused-ring (bicyclic) bond motifs is 2. The van der Waals surface area contributed by atoms with Gasteiger partial charge in [0.25, 0.3) is 11.5 Å². The number of nitrogens with zero attached hydrogens (tertiary/aromatic N) is 3. The molecule has 9 nitrogen and oxygen atoms in total. The molecular formula is C32H27F6N5O4. The molecule has 0 saturated heterocycles. The first-order chi connectivity index (χ1) is 22.1. The van der Waals surface area contributed by atoms with Crippen LogP contribution in [0.5, 0.6) is 0 Å². The molecule has 3 heterocycles. The predicted molar refractivity (Wildman–Crippen MR) is 161 cm³/mol. The van der Waals surface area contributed by atoms with Gasteiger partial charge in [-0.25, -0.2) is 22.9 Å². The number of ether oxygens (including phenoxy) is 1. The van der Waals surface area contributed by atoms with Crippen molar-refractivity contribution in [1.29, 1.82) is 0 Å². The Kier molecular flexibility index (Phi) is 8.75. The number of benzene rings is 2. The average molecular weight is 660 g/mol. The third-order valence-corrected chi connectivity index (χ3v) is 7.87. The van der Waals surface area contributed by atoms with E-state index in [9.17, 15) is 40.7 Å². The highest BCUT2D eigenvalue weighted by Crippen LogP contribution is 2.31. The topological polar surface area (TPSA) is 107 Å². The van der Waals surface area contributed by atoms with Gasteiger partial charge in [0, 0.05) is 48.2 Å². The zero-order chi connectivity index (χ0) is 34.4. The average Bonchev–Trinajstić information content (AvgIpc) is 3.50. The lowest BCUT2D eigenvalue weighted by molar-refractivity contribution is -0.143. The molecule has 0 spiro atoms. The third kappa shape index (κ3) is 6.24. The molecule has 47 heavy (non-hydrogen) atoms. The first kappa shape index (κ1) is 33.0. The number of rotatable bonds is 8. The van der Waals surface area contributed by atoms with Crippen LogP contribution in [0.1, 0.15) is 28.5 Å². The number of esters is 1. The van der Waals surface area contributed by atoms with Gasteiger partial charge < -0.3 is 24.3 Å². The van der Waals surface area contributed by atoms with Gasteiger partial charge in [0.2, 0.25) is 0 Å². The van der Waals surface area contributed by atoms with Crippen molar-refractivity contribution in [2.24, 2.45) is 7.05 Å². The molecule has 0 bridgehead atoms. The Hall–Kier alpha value is -5.34. The summed E-state index contributed by atoms with van der Waals surface area (Å²) in [7, 11) is 2.60. The van der Waals surface area contributed by atoms with Gasteiger partial charge in [-0.3, -0.25) is 9.59 Å². The molecule has 5 rings (SSSR count). The fourth-order valence-electron chi connectivity index (χ4n) is 5.40. The van der Waals surface area contributed by atoms with Gasteiger partial charge in [-0.2, -0.15) is 13.2 Å². The fourth-order valence-corrected chi connectivity index (χ4v) is 5.40. The Morgan fingerprint density at radius 1 is 1.04 bits per heavy atom. The van der Waals surface area contributed by atoms with Crippen LogP contribution in [0.4, 0.5) is 32.0 Å². The Morgan fingerprint density at radius 2 is 1.72 bits per heavy atom. The van der Waals surface area contributed by atoms with Gasteiger partial charge >= 0.3 is 12.1 Å². The standard InChI is InChI=1S/C32H27F6N5O4/c1-15-21-11-17(33)5-8-25(21)42(3)30(45)26(15)20-7-6-19(43-10-9-39-28(20)43)14-24(31(46)47-4)41-29(44)27-22(34)12-18(13-23(27)35)40-16(2)32(36,37)38/h5-13,16,24,40H,14H2,1-4H3,(H,41,44)/t16-,24+/m1/s1. The number of halogens is 6. The van der Waals surface area contributed by atoms with Crippen LogP contribution in [0.2, 0.25) is 0 Å². The fraction of sp³-hybridized carbons (Fsp3) is 0.250. The highest BCUT2D eigenvalue weighted by Gasteiger charge is 2.36. The molecule has 2 aromatic carbocycles. The molecule has 0 fully saturated rings. The maximum absolute atomic E-state index is 14.9. The lowest BCUT2D eigenvalue weighted by atomic mass is 9.98. The van der Waals surface area contributed by atoms with Gasteiger partial charge in [0.05, 0.1) is 18.2 Å². The Morgan fingerprint density at radius 3 is 2.36 bits per heavy atom. The second-order valence-corrected chi connectivity index (χ2v) is 10.9. The second-order valence-electron chi connectivity index (χ2n) is 10.9. The molecule has 0 aliphatic carbocycles. The number of pyridine rings is 2. The normalized spacial score (nSPS) is 13.1. The number of nitrogens with one attached hydrogen (secondary N) is 2. The Balaban J connectivity index is 1.48. The number of imidazole rings is 1. The van der Waals surface area contributed by atoms with Crippen LogP contribution in [0.25, 0.3) is 27.7 Å². The van der Waals surface area contributed by atoms with Gasteiger partial charge in [-0.05, 0) is 61.9 Å². The first-order valence-electron chi connectivity index (χ1n) is 14.1. The van der Waals surface area contributed by atoms with Crippen molar-refractivity contribution in [1.82, 2.24) is 19.3 Å². The van der Waals surface area contributed by atoms with E-state index in [4.69, 9.17) is 4.74 Å². The number of amides is 1. The molecular weight excluding hydrogens is 632 g/mol. The number of aryl methyl sites for hydroxylation is 2. The molecule has 5 aromatic rings. The lowest BCUT2D eigenvalue weighted by Crippen LogP contribution is -2.44. The predicted octanol–water partition coefficient (Wildman–Crippen LogP) is 5.46.